The molecule has 11 nitrogen and oxygen atoms in total. The zero-order valence-corrected chi connectivity index (χ0v) is 24.4. The minimum absolute atomic E-state index is 0.0272. The maximum atomic E-state index is 14.3. The second-order valence-corrected chi connectivity index (χ2v) is 13.7. The first-order chi connectivity index (χ1) is 18.6. The molecule has 1 aliphatic rings. The van der Waals surface area contributed by atoms with Gasteiger partial charge in [-0.3, -0.25) is 14.4 Å². The number of aryl methyl sites for hydroxylation is 1. The average molecular weight is 575 g/mol. The molecule has 3 aromatic rings. The maximum absolute atomic E-state index is 14.3. The van der Waals surface area contributed by atoms with Crippen LogP contribution in [0, 0.1) is 0 Å². The van der Waals surface area contributed by atoms with Crippen molar-refractivity contribution >= 4 is 43.8 Å². The summed E-state index contributed by atoms with van der Waals surface area (Å²) in [6, 6.07) is 4.36. The zero-order valence-electron chi connectivity index (χ0n) is 23.6. The Hall–Kier alpha value is -3.22. The van der Waals surface area contributed by atoms with E-state index in [2.05, 4.69) is 15.3 Å². The Morgan fingerprint density at radius 1 is 1.18 bits per heavy atom. The zero-order chi connectivity index (χ0) is 29.5. The van der Waals surface area contributed by atoms with Crippen molar-refractivity contribution in [2.24, 2.45) is 0 Å². The van der Waals surface area contributed by atoms with Crippen LogP contribution in [0.25, 0.3) is 21.8 Å². The molecule has 1 fully saturated rings. The summed E-state index contributed by atoms with van der Waals surface area (Å²) in [5, 5.41) is 13.4. The molecule has 0 spiro atoms. The number of sulfonamides is 1. The lowest BCUT2D eigenvalue weighted by molar-refractivity contribution is -0.165. The Balaban J connectivity index is 1.83. The van der Waals surface area contributed by atoms with E-state index in [1.54, 1.807) is 46.9 Å². The average Bonchev–Trinajstić information content (AvgIpc) is 3.51. The minimum Gasteiger partial charge on any atom is -0.481 e. The van der Waals surface area contributed by atoms with E-state index in [1.165, 1.54) is 16.4 Å². The molecule has 1 unspecified atom stereocenters. The van der Waals surface area contributed by atoms with E-state index in [0.717, 1.165) is 24.9 Å². The van der Waals surface area contributed by atoms with Crippen LogP contribution in [0.3, 0.4) is 0 Å². The van der Waals surface area contributed by atoms with Crippen LogP contribution in [0.5, 0.6) is 0 Å². The number of aromatic amines is 2. The van der Waals surface area contributed by atoms with Crippen LogP contribution in [0.1, 0.15) is 65.9 Å². The quantitative estimate of drug-likeness (QED) is 0.268. The highest BCUT2D eigenvalue weighted by Crippen LogP contribution is 2.32. The van der Waals surface area contributed by atoms with Crippen molar-refractivity contribution in [2.75, 3.05) is 13.1 Å². The number of carbonyl (C=O) groups excluding carboxylic acids is 1. The number of pyridine rings is 1. The van der Waals surface area contributed by atoms with Crippen molar-refractivity contribution in [3.8, 4) is 0 Å². The number of aliphatic carboxylic acids is 1. The van der Waals surface area contributed by atoms with Crippen LogP contribution in [0.15, 0.2) is 34.1 Å². The molecule has 3 heterocycles. The standard InChI is InChI=1S/C28H38N4O7S/c1-27(2,3)39-26(36)28(4,5)32(16-18-9-7-13-29-18)40(37,38)19-11-12-21-20(14-19)23-17(8-6-10-22(33)34)15-30-24(23)25(35)31-21/h11-12,14-15,18,29-30H,6-10,13,16H2,1-5H3,(H,31,35)(H,33,34). The smallest absolute Gasteiger partial charge is 0.327 e. The van der Waals surface area contributed by atoms with Gasteiger partial charge in [-0.05, 0) is 90.6 Å². The number of aromatic nitrogens is 2. The Labute approximate surface area is 233 Å². The molecule has 0 amide bonds. The van der Waals surface area contributed by atoms with Gasteiger partial charge in [0.15, 0.2) is 0 Å². The number of carboxylic acid groups (broad SMARTS) is 1. The molecule has 1 aromatic carbocycles. The summed E-state index contributed by atoms with van der Waals surface area (Å²) in [7, 11) is -4.23. The van der Waals surface area contributed by atoms with Crippen LogP contribution >= 0.6 is 0 Å². The fourth-order valence-corrected chi connectivity index (χ4v) is 6.95. The molecule has 0 aliphatic carbocycles. The van der Waals surface area contributed by atoms with Crippen molar-refractivity contribution < 1.29 is 27.9 Å². The van der Waals surface area contributed by atoms with E-state index in [1.807, 2.05) is 0 Å². The molecule has 4 rings (SSSR count). The number of hydrogen-bond donors (Lipinski definition) is 4. The first kappa shape index (κ1) is 29.8. The number of fused-ring (bicyclic) bond motifs is 3. The lowest BCUT2D eigenvalue weighted by Gasteiger charge is -2.38. The minimum atomic E-state index is -4.23. The third-order valence-corrected chi connectivity index (χ3v) is 9.23. The first-order valence-corrected chi connectivity index (χ1v) is 14.9. The van der Waals surface area contributed by atoms with Gasteiger partial charge in [0, 0.05) is 41.5 Å². The molecule has 1 atom stereocenters. The third kappa shape index (κ3) is 6.08. The Morgan fingerprint density at radius 2 is 1.90 bits per heavy atom. The van der Waals surface area contributed by atoms with Gasteiger partial charge in [-0.2, -0.15) is 4.31 Å². The fraction of sp³-hybridized carbons (Fsp3) is 0.536. The highest BCUT2D eigenvalue weighted by atomic mass is 32.2. The summed E-state index contributed by atoms with van der Waals surface area (Å²) in [5.41, 5.74) is -1.21. The van der Waals surface area contributed by atoms with Crippen molar-refractivity contribution in [2.45, 2.75) is 88.8 Å². The van der Waals surface area contributed by atoms with Crippen LogP contribution < -0.4 is 10.9 Å². The molecule has 0 radical (unpaired) electrons. The van der Waals surface area contributed by atoms with Gasteiger partial charge in [-0.25, -0.2) is 8.42 Å². The first-order valence-electron chi connectivity index (χ1n) is 13.5. The van der Waals surface area contributed by atoms with Crippen molar-refractivity contribution in [3.05, 3.63) is 40.3 Å². The van der Waals surface area contributed by atoms with Gasteiger partial charge in [0.05, 0.1) is 4.90 Å². The second kappa shape index (κ2) is 11.0. The normalized spacial score (nSPS) is 16.7. The third-order valence-electron chi connectivity index (χ3n) is 7.19. The number of esters is 1. The predicted octanol–water partition coefficient (Wildman–Crippen LogP) is 3.28. The van der Waals surface area contributed by atoms with Gasteiger partial charge in [0.2, 0.25) is 10.0 Å². The van der Waals surface area contributed by atoms with E-state index >= 15 is 0 Å². The van der Waals surface area contributed by atoms with Crippen molar-refractivity contribution in [1.29, 1.82) is 0 Å². The second-order valence-electron chi connectivity index (χ2n) is 11.9. The number of ether oxygens (including phenoxy) is 1. The molecule has 0 saturated carbocycles. The monoisotopic (exact) mass is 574 g/mol. The number of nitrogens with one attached hydrogen (secondary N) is 3. The summed E-state index contributed by atoms with van der Waals surface area (Å²) >= 11 is 0. The van der Waals surface area contributed by atoms with Gasteiger partial charge in [-0.15, -0.1) is 0 Å². The summed E-state index contributed by atoms with van der Waals surface area (Å²) in [6.45, 7) is 9.16. The number of carbonyl (C=O) groups is 2. The molecule has 12 heteroatoms. The molecule has 4 N–H and O–H groups in total. The number of rotatable bonds is 10. The predicted molar refractivity (Wildman–Crippen MR) is 152 cm³/mol. The summed E-state index contributed by atoms with van der Waals surface area (Å²) in [6.07, 6.45) is 4.07. The lowest BCUT2D eigenvalue weighted by Crippen LogP contribution is -2.57. The largest absolute Gasteiger partial charge is 0.481 e. The molecule has 1 aliphatic heterocycles. The van der Waals surface area contributed by atoms with Gasteiger partial charge in [-0.1, -0.05) is 0 Å². The SMILES string of the molecule is CC(C)(C)OC(=O)C(C)(C)N(CC1CCCN1)S(=O)(=O)c1ccc2[nH]c(=O)c3[nH]cc(CCCC(=O)O)c3c2c1. The van der Waals surface area contributed by atoms with Gasteiger partial charge in [0.25, 0.3) is 5.56 Å². The van der Waals surface area contributed by atoms with E-state index in [0.29, 0.717) is 29.1 Å². The van der Waals surface area contributed by atoms with Crippen LogP contribution in [0.4, 0.5) is 0 Å². The molecule has 2 aromatic heterocycles. The van der Waals surface area contributed by atoms with E-state index in [4.69, 9.17) is 9.84 Å². The van der Waals surface area contributed by atoms with Gasteiger partial charge >= 0.3 is 11.9 Å². The molecule has 218 valence electrons. The highest BCUT2D eigenvalue weighted by molar-refractivity contribution is 7.89. The van der Waals surface area contributed by atoms with Crippen LogP contribution in [0.2, 0.25) is 0 Å². The Kier molecular flexibility index (Phi) is 8.17. The van der Waals surface area contributed by atoms with Crippen molar-refractivity contribution in [3.63, 3.8) is 0 Å². The Bertz CT molecular complexity index is 1590. The maximum Gasteiger partial charge on any atom is 0.327 e. The number of hydrogen-bond acceptors (Lipinski definition) is 7. The van der Waals surface area contributed by atoms with Gasteiger partial charge in [0.1, 0.15) is 16.7 Å². The fourth-order valence-electron chi connectivity index (χ4n) is 5.13. The topological polar surface area (TPSA) is 162 Å². The molecule has 0 bridgehead atoms. The molecular weight excluding hydrogens is 536 g/mol. The number of carboxylic acids is 1. The van der Waals surface area contributed by atoms with E-state index < -0.39 is 33.1 Å². The summed E-state index contributed by atoms with van der Waals surface area (Å²) < 4.78 is 35.4. The lowest BCUT2D eigenvalue weighted by atomic mass is 10.0. The summed E-state index contributed by atoms with van der Waals surface area (Å²) in [4.78, 5) is 42.8. The summed E-state index contributed by atoms with van der Waals surface area (Å²) in [5.74, 6) is -1.57. The number of benzene rings is 1. The molecular formula is C28H38N4O7S. The Morgan fingerprint density at radius 3 is 2.52 bits per heavy atom. The van der Waals surface area contributed by atoms with Gasteiger partial charge < -0.3 is 25.1 Å². The van der Waals surface area contributed by atoms with Crippen LogP contribution in [-0.4, -0.2) is 70.0 Å². The number of nitrogens with zero attached hydrogens (tertiary/aromatic N) is 1. The number of H-pyrrole nitrogens is 2. The van der Waals surface area contributed by atoms with E-state index in [-0.39, 0.29) is 35.0 Å². The van der Waals surface area contributed by atoms with Crippen molar-refractivity contribution in [1.82, 2.24) is 19.6 Å². The molecule has 40 heavy (non-hydrogen) atoms. The van der Waals surface area contributed by atoms with E-state index in [9.17, 15) is 22.8 Å². The van der Waals surface area contributed by atoms with Crippen LogP contribution in [-0.2, 0) is 30.8 Å². The highest BCUT2D eigenvalue weighted by Gasteiger charge is 2.46. The molecule has 1 saturated heterocycles.